The average Bonchev–Trinajstić information content (AvgIpc) is 2.51. The summed E-state index contributed by atoms with van der Waals surface area (Å²) in [5, 5.41) is 6.08. The molecular weight excluding hydrogens is 264 g/mol. The van der Waals surface area contributed by atoms with Crippen LogP contribution in [0.5, 0.6) is 0 Å². The van der Waals surface area contributed by atoms with E-state index in [1.54, 1.807) is 0 Å². The molecule has 4 nitrogen and oxygen atoms in total. The first-order chi connectivity index (χ1) is 10.2. The Morgan fingerprint density at radius 1 is 0.857 bits per heavy atom. The predicted molar refractivity (Wildman–Crippen MR) is 81.6 cm³/mol. The van der Waals surface area contributed by atoms with Gasteiger partial charge in [0, 0.05) is 12.5 Å². The second-order valence-corrected chi connectivity index (χ2v) is 7.12. The molecule has 0 aromatic heterocycles. The van der Waals surface area contributed by atoms with Crippen LogP contribution in [0, 0.1) is 11.8 Å². The zero-order valence-corrected chi connectivity index (χ0v) is 12.9. The topological polar surface area (TPSA) is 58.2 Å². The third-order valence-corrected chi connectivity index (χ3v) is 5.73. The molecule has 2 saturated carbocycles. The highest BCUT2D eigenvalue weighted by Gasteiger charge is 2.36. The quantitative estimate of drug-likeness (QED) is 0.786. The van der Waals surface area contributed by atoms with Crippen molar-refractivity contribution in [2.75, 3.05) is 0 Å². The standard InChI is InChI=1S/C17H28N2O2/c20-16-11-10-15(17(21)19-16)18-14-9-5-4-8-13(14)12-6-2-1-3-7-12/h12-15,18H,1-11H2,(H,19,20,21). The van der Waals surface area contributed by atoms with Gasteiger partial charge < -0.3 is 5.32 Å². The maximum absolute atomic E-state index is 12.0. The predicted octanol–water partition coefficient (Wildman–Crippen LogP) is 2.52. The molecule has 2 amide bonds. The van der Waals surface area contributed by atoms with Gasteiger partial charge in [-0.1, -0.05) is 44.9 Å². The first-order valence-electron chi connectivity index (χ1n) is 8.84. The van der Waals surface area contributed by atoms with Crippen LogP contribution in [0.25, 0.3) is 0 Å². The molecule has 3 unspecified atom stereocenters. The van der Waals surface area contributed by atoms with E-state index in [4.69, 9.17) is 0 Å². The Hall–Kier alpha value is -0.900. The minimum Gasteiger partial charge on any atom is -0.303 e. The van der Waals surface area contributed by atoms with Gasteiger partial charge in [0.05, 0.1) is 6.04 Å². The summed E-state index contributed by atoms with van der Waals surface area (Å²) in [6.45, 7) is 0. The lowest BCUT2D eigenvalue weighted by molar-refractivity contribution is -0.135. The second kappa shape index (κ2) is 6.91. The lowest BCUT2D eigenvalue weighted by atomic mass is 9.70. The van der Waals surface area contributed by atoms with Crippen LogP contribution in [0.1, 0.15) is 70.6 Å². The van der Waals surface area contributed by atoms with Crippen LogP contribution in [0.4, 0.5) is 0 Å². The molecule has 118 valence electrons. The van der Waals surface area contributed by atoms with Crippen LogP contribution < -0.4 is 10.6 Å². The van der Waals surface area contributed by atoms with Gasteiger partial charge in [-0.05, 0) is 31.1 Å². The molecule has 3 aliphatic rings. The molecule has 2 N–H and O–H groups in total. The van der Waals surface area contributed by atoms with Crippen molar-refractivity contribution in [3.8, 4) is 0 Å². The van der Waals surface area contributed by atoms with E-state index in [2.05, 4.69) is 10.6 Å². The van der Waals surface area contributed by atoms with Crippen molar-refractivity contribution >= 4 is 11.8 Å². The highest BCUT2D eigenvalue weighted by molar-refractivity contribution is 6.00. The Balaban J connectivity index is 1.61. The van der Waals surface area contributed by atoms with E-state index in [0.717, 1.165) is 11.8 Å². The number of piperidine rings is 1. The number of carbonyl (C=O) groups is 2. The van der Waals surface area contributed by atoms with Gasteiger partial charge in [0.25, 0.3) is 0 Å². The molecule has 4 heteroatoms. The largest absolute Gasteiger partial charge is 0.303 e. The molecule has 2 aliphatic carbocycles. The number of hydrogen-bond acceptors (Lipinski definition) is 3. The Morgan fingerprint density at radius 2 is 1.57 bits per heavy atom. The van der Waals surface area contributed by atoms with Gasteiger partial charge >= 0.3 is 0 Å². The number of imide groups is 1. The first kappa shape index (κ1) is 15.0. The third kappa shape index (κ3) is 3.65. The average molecular weight is 292 g/mol. The zero-order chi connectivity index (χ0) is 14.7. The van der Waals surface area contributed by atoms with Crippen molar-refractivity contribution in [2.24, 2.45) is 11.8 Å². The molecule has 1 heterocycles. The Labute approximate surface area is 127 Å². The van der Waals surface area contributed by atoms with Crippen molar-refractivity contribution in [1.82, 2.24) is 10.6 Å². The van der Waals surface area contributed by atoms with E-state index in [0.29, 0.717) is 18.9 Å². The van der Waals surface area contributed by atoms with Crippen LogP contribution >= 0.6 is 0 Å². The van der Waals surface area contributed by atoms with Crippen LogP contribution in [0.2, 0.25) is 0 Å². The number of hydrogen-bond donors (Lipinski definition) is 2. The third-order valence-electron chi connectivity index (χ3n) is 5.73. The summed E-state index contributed by atoms with van der Waals surface area (Å²) in [5.74, 6) is 1.36. The van der Waals surface area contributed by atoms with Gasteiger partial charge in [0.2, 0.25) is 11.8 Å². The molecule has 0 radical (unpaired) electrons. The van der Waals surface area contributed by atoms with E-state index in [-0.39, 0.29) is 17.9 Å². The Bertz CT molecular complexity index is 390. The molecule has 21 heavy (non-hydrogen) atoms. The first-order valence-corrected chi connectivity index (χ1v) is 8.84. The van der Waals surface area contributed by atoms with Crippen molar-refractivity contribution in [2.45, 2.75) is 82.7 Å². The number of amides is 2. The van der Waals surface area contributed by atoms with Crippen LogP contribution in [0.3, 0.4) is 0 Å². The fourth-order valence-electron chi connectivity index (χ4n) is 4.60. The molecule has 0 spiro atoms. The molecule has 0 aromatic carbocycles. The lowest BCUT2D eigenvalue weighted by Gasteiger charge is -2.41. The Kier molecular flexibility index (Phi) is 4.94. The van der Waals surface area contributed by atoms with E-state index in [1.807, 2.05) is 0 Å². The molecule has 0 aromatic rings. The van der Waals surface area contributed by atoms with Gasteiger partial charge in [-0.15, -0.1) is 0 Å². The summed E-state index contributed by atoms with van der Waals surface area (Å²) in [6, 6.07) is 0.322. The zero-order valence-electron chi connectivity index (χ0n) is 12.9. The molecule has 3 rings (SSSR count). The maximum atomic E-state index is 12.0. The highest BCUT2D eigenvalue weighted by Crippen LogP contribution is 2.38. The summed E-state index contributed by atoms with van der Waals surface area (Å²) in [6.07, 6.45) is 13.2. The van der Waals surface area contributed by atoms with E-state index in [1.165, 1.54) is 57.8 Å². The molecule has 3 atom stereocenters. The summed E-state index contributed by atoms with van der Waals surface area (Å²) >= 11 is 0. The molecule has 1 saturated heterocycles. The van der Waals surface area contributed by atoms with Gasteiger partial charge in [-0.3, -0.25) is 14.9 Å². The van der Waals surface area contributed by atoms with E-state index in [9.17, 15) is 9.59 Å². The summed E-state index contributed by atoms with van der Waals surface area (Å²) in [4.78, 5) is 23.2. The summed E-state index contributed by atoms with van der Waals surface area (Å²) < 4.78 is 0. The fourth-order valence-corrected chi connectivity index (χ4v) is 4.60. The summed E-state index contributed by atoms with van der Waals surface area (Å²) in [7, 11) is 0. The second-order valence-electron chi connectivity index (χ2n) is 7.12. The molecular formula is C17H28N2O2. The van der Waals surface area contributed by atoms with E-state index < -0.39 is 0 Å². The minimum atomic E-state index is -0.156. The van der Waals surface area contributed by atoms with Crippen molar-refractivity contribution in [1.29, 1.82) is 0 Å². The van der Waals surface area contributed by atoms with Crippen LogP contribution in [0.15, 0.2) is 0 Å². The monoisotopic (exact) mass is 292 g/mol. The minimum absolute atomic E-state index is 0.112. The van der Waals surface area contributed by atoms with Gasteiger partial charge in [-0.25, -0.2) is 0 Å². The smallest absolute Gasteiger partial charge is 0.243 e. The number of nitrogens with one attached hydrogen (secondary N) is 2. The Morgan fingerprint density at radius 3 is 2.33 bits per heavy atom. The van der Waals surface area contributed by atoms with Crippen molar-refractivity contribution < 1.29 is 9.59 Å². The maximum Gasteiger partial charge on any atom is 0.243 e. The van der Waals surface area contributed by atoms with E-state index >= 15 is 0 Å². The highest BCUT2D eigenvalue weighted by atomic mass is 16.2. The fraction of sp³-hybridized carbons (Fsp3) is 0.882. The number of rotatable bonds is 3. The SMILES string of the molecule is O=C1CCC(NC2CCCCC2C2CCCCC2)C(=O)N1. The van der Waals surface area contributed by atoms with Crippen LogP contribution in [-0.4, -0.2) is 23.9 Å². The van der Waals surface area contributed by atoms with Gasteiger partial charge in [0.15, 0.2) is 0 Å². The molecule has 3 fully saturated rings. The van der Waals surface area contributed by atoms with Crippen molar-refractivity contribution in [3.63, 3.8) is 0 Å². The molecule has 0 bridgehead atoms. The van der Waals surface area contributed by atoms with Crippen LogP contribution in [-0.2, 0) is 9.59 Å². The van der Waals surface area contributed by atoms with Gasteiger partial charge in [0.1, 0.15) is 0 Å². The summed E-state index contributed by atoms with van der Waals surface area (Å²) in [5.41, 5.74) is 0. The number of carbonyl (C=O) groups excluding carboxylic acids is 2. The van der Waals surface area contributed by atoms with Crippen molar-refractivity contribution in [3.05, 3.63) is 0 Å². The molecule has 1 aliphatic heterocycles. The normalized spacial score (nSPS) is 35.5. The lowest BCUT2D eigenvalue weighted by Crippen LogP contribution is -2.56. The van der Waals surface area contributed by atoms with Gasteiger partial charge in [-0.2, -0.15) is 0 Å².